The molecule has 1 heterocycles. The Bertz CT molecular complexity index is 1280. The number of hydrogen-bond acceptors (Lipinski definition) is 5. The van der Waals surface area contributed by atoms with Gasteiger partial charge in [-0.15, -0.1) is 0 Å². The Labute approximate surface area is 192 Å². The number of ketones is 1. The Morgan fingerprint density at radius 3 is 2.18 bits per heavy atom. The highest BCUT2D eigenvalue weighted by Gasteiger charge is 2.48. The molecule has 0 saturated carbocycles. The Kier molecular flexibility index (Phi) is 5.92. The van der Waals surface area contributed by atoms with Crippen LogP contribution in [0.5, 0.6) is 11.5 Å². The van der Waals surface area contributed by atoms with E-state index in [4.69, 9.17) is 9.47 Å². The zero-order valence-corrected chi connectivity index (χ0v) is 19.0. The number of aliphatic hydroxyl groups excluding tert-OH is 1. The number of carbonyl (C=O) groups is 2. The van der Waals surface area contributed by atoms with Gasteiger partial charge in [0.1, 0.15) is 17.3 Å². The number of methoxy groups -OCH3 is 2. The lowest BCUT2D eigenvalue weighted by molar-refractivity contribution is -0.132. The van der Waals surface area contributed by atoms with Gasteiger partial charge >= 0.3 is 0 Å². The van der Waals surface area contributed by atoms with E-state index in [1.165, 1.54) is 19.1 Å². The third-order valence-corrected chi connectivity index (χ3v) is 6.08. The average Bonchev–Trinajstić information content (AvgIpc) is 3.10. The van der Waals surface area contributed by atoms with Crippen LogP contribution >= 0.6 is 0 Å². The summed E-state index contributed by atoms with van der Waals surface area (Å²) in [6.45, 7) is 3.85. The molecule has 1 saturated heterocycles. The number of anilines is 1. The van der Waals surface area contributed by atoms with Gasteiger partial charge in [-0.3, -0.25) is 14.5 Å². The molecule has 168 valence electrons. The first-order chi connectivity index (χ1) is 15.9. The maximum atomic E-state index is 13.4. The predicted octanol–water partition coefficient (Wildman–Crippen LogP) is 4.95. The van der Waals surface area contributed by atoms with Crippen molar-refractivity contribution in [1.82, 2.24) is 0 Å². The van der Waals surface area contributed by atoms with Gasteiger partial charge in [-0.1, -0.05) is 42.5 Å². The lowest BCUT2D eigenvalue weighted by atomic mass is 9.93. The molecule has 0 bridgehead atoms. The normalized spacial score (nSPS) is 17.3. The first-order valence-corrected chi connectivity index (χ1v) is 10.5. The van der Waals surface area contributed by atoms with Crippen molar-refractivity contribution in [3.63, 3.8) is 0 Å². The third-order valence-electron chi connectivity index (χ3n) is 6.08. The summed E-state index contributed by atoms with van der Waals surface area (Å²) >= 11 is 0. The second-order valence-electron chi connectivity index (χ2n) is 7.83. The SMILES string of the molecule is COc1ccccc1/C(O)=C1\C(=O)C(=O)N(c2cccc(C)c2C)C1c1ccccc1OC. The number of amides is 1. The number of rotatable bonds is 5. The lowest BCUT2D eigenvalue weighted by Gasteiger charge is -2.28. The van der Waals surface area contributed by atoms with E-state index in [1.54, 1.807) is 42.5 Å². The number of nitrogens with zero attached hydrogens (tertiary/aromatic N) is 1. The molecule has 1 atom stereocenters. The van der Waals surface area contributed by atoms with Crippen LogP contribution in [0.15, 0.2) is 72.3 Å². The van der Waals surface area contributed by atoms with Crippen molar-refractivity contribution in [3.8, 4) is 11.5 Å². The lowest BCUT2D eigenvalue weighted by Crippen LogP contribution is -2.30. The number of para-hydroxylation sites is 2. The second-order valence-corrected chi connectivity index (χ2v) is 7.83. The third kappa shape index (κ3) is 3.63. The van der Waals surface area contributed by atoms with Crippen LogP contribution in [0, 0.1) is 13.8 Å². The van der Waals surface area contributed by atoms with Crippen LogP contribution in [-0.2, 0) is 9.59 Å². The maximum absolute atomic E-state index is 13.4. The van der Waals surface area contributed by atoms with E-state index in [0.29, 0.717) is 28.3 Å². The number of benzene rings is 3. The number of aliphatic hydroxyl groups is 1. The highest BCUT2D eigenvalue weighted by molar-refractivity contribution is 6.52. The second kappa shape index (κ2) is 8.82. The highest BCUT2D eigenvalue weighted by atomic mass is 16.5. The van der Waals surface area contributed by atoms with Crippen LogP contribution in [0.4, 0.5) is 5.69 Å². The molecule has 4 rings (SSSR count). The summed E-state index contributed by atoms with van der Waals surface area (Å²) in [5.41, 5.74) is 3.37. The molecule has 1 aliphatic rings. The Morgan fingerprint density at radius 1 is 0.848 bits per heavy atom. The van der Waals surface area contributed by atoms with Crippen LogP contribution in [-0.4, -0.2) is 31.0 Å². The first-order valence-electron chi connectivity index (χ1n) is 10.5. The number of Topliss-reactive ketones (excluding diaryl/α,β-unsaturated/α-hetero) is 1. The molecule has 6 nitrogen and oxygen atoms in total. The zero-order valence-electron chi connectivity index (χ0n) is 19.0. The van der Waals surface area contributed by atoms with Crippen LogP contribution in [0.3, 0.4) is 0 Å². The highest BCUT2D eigenvalue weighted by Crippen LogP contribution is 2.46. The van der Waals surface area contributed by atoms with Crippen molar-refractivity contribution < 1.29 is 24.2 Å². The maximum Gasteiger partial charge on any atom is 0.300 e. The molecule has 1 N–H and O–H groups in total. The predicted molar refractivity (Wildman–Crippen MR) is 127 cm³/mol. The van der Waals surface area contributed by atoms with Gasteiger partial charge in [0.15, 0.2) is 0 Å². The summed E-state index contributed by atoms with van der Waals surface area (Å²) in [5, 5.41) is 11.4. The fraction of sp³-hybridized carbons (Fsp3) is 0.185. The Balaban J connectivity index is 2.05. The average molecular weight is 443 g/mol. The molecule has 6 heteroatoms. The van der Waals surface area contributed by atoms with E-state index in [1.807, 2.05) is 38.1 Å². The van der Waals surface area contributed by atoms with Gasteiger partial charge in [0.2, 0.25) is 0 Å². The summed E-state index contributed by atoms with van der Waals surface area (Å²) < 4.78 is 11.0. The Hall–Kier alpha value is -4.06. The minimum absolute atomic E-state index is 0.0186. The standard InChI is InChI=1S/C27H25NO5/c1-16-10-9-13-20(17(16)2)28-24(18-11-5-7-14-21(18)32-3)23(26(30)27(28)31)25(29)19-12-6-8-15-22(19)33-4/h5-15,24,29H,1-4H3/b25-23+. The fourth-order valence-corrected chi connectivity index (χ4v) is 4.25. The molecule has 3 aromatic carbocycles. The van der Waals surface area contributed by atoms with Gasteiger partial charge in [0.05, 0.1) is 31.4 Å². The van der Waals surface area contributed by atoms with E-state index in [2.05, 4.69) is 0 Å². The van der Waals surface area contributed by atoms with Gasteiger partial charge in [-0.25, -0.2) is 0 Å². The van der Waals surface area contributed by atoms with E-state index in [-0.39, 0.29) is 11.3 Å². The van der Waals surface area contributed by atoms with Crippen LogP contribution in [0.2, 0.25) is 0 Å². The molecule has 1 amide bonds. The van der Waals surface area contributed by atoms with E-state index < -0.39 is 17.7 Å². The molecule has 0 aliphatic carbocycles. The summed E-state index contributed by atoms with van der Waals surface area (Å²) in [6.07, 6.45) is 0. The van der Waals surface area contributed by atoms with Gasteiger partial charge in [0.25, 0.3) is 11.7 Å². The topological polar surface area (TPSA) is 76.1 Å². The largest absolute Gasteiger partial charge is 0.507 e. The zero-order chi connectivity index (χ0) is 23.7. The number of hydrogen-bond donors (Lipinski definition) is 1. The molecule has 1 unspecified atom stereocenters. The minimum Gasteiger partial charge on any atom is -0.507 e. The van der Waals surface area contributed by atoms with Gasteiger partial charge in [-0.05, 0) is 49.2 Å². The summed E-state index contributed by atoms with van der Waals surface area (Å²) in [4.78, 5) is 28.3. The molecule has 0 spiro atoms. The smallest absolute Gasteiger partial charge is 0.300 e. The molecular weight excluding hydrogens is 418 g/mol. The summed E-state index contributed by atoms with van der Waals surface area (Å²) in [5.74, 6) is -0.877. The molecule has 1 aliphatic heterocycles. The quantitative estimate of drug-likeness (QED) is 0.343. The van der Waals surface area contributed by atoms with E-state index in [9.17, 15) is 14.7 Å². The van der Waals surface area contributed by atoms with E-state index in [0.717, 1.165) is 11.1 Å². The molecule has 1 fully saturated rings. The number of carbonyl (C=O) groups excluding carboxylic acids is 2. The summed E-state index contributed by atoms with van der Waals surface area (Å²) in [6, 6.07) is 18.7. The van der Waals surface area contributed by atoms with Crippen LogP contribution < -0.4 is 14.4 Å². The van der Waals surface area contributed by atoms with Crippen molar-refractivity contribution in [2.24, 2.45) is 0 Å². The van der Waals surface area contributed by atoms with Crippen molar-refractivity contribution >= 4 is 23.1 Å². The molecular formula is C27H25NO5. The van der Waals surface area contributed by atoms with Crippen LogP contribution in [0.1, 0.15) is 28.3 Å². The van der Waals surface area contributed by atoms with Crippen LogP contribution in [0.25, 0.3) is 5.76 Å². The minimum atomic E-state index is -0.883. The van der Waals surface area contributed by atoms with E-state index >= 15 is 0 Å². The van der Waals surface area contributed by atoms with Gasteiger partial charge in [-0.2, -0.15) is 0 Å². The van der Waals surface area contributed by atoms with Crippen molar-refractivity contribution in [3.05, 3.63) is 94.6 Å². The molecule has 0 aromatic heterocycles. The van der Waals surface area contributed by atoms with Gasteiger partial charge in [0, 0.05) is 11.3 Å². The number of ether oxygens (including phenoxy) is 2. The summed E-state index contributed by atoms with van der Waals surface area (Å²) in [7, 11) is 3.02. The molecule has 3 aromatic rings. The van der Waals surface area contributed by atoms with Crippen molar-refractivity contribution in [1.29, 1.82) is 0 Å². The fourth-order valence-electron chi connectivity index (χ4n) is 4.25. The Morgan fingerprint density at radius 2 is 1.48 bits per heavy atom. The van der Waals surface area contributed by atoms with Crippen molar-refractivity contribution in [2.75, 3.05) is 19.1 Å². The van der Waals surface area contributed by atoms with Crippen molar-refractivity contribution in [2.45, 2.75) is 19.9 Å². The monoisotopic (exact) mass is 443 g/mol. The molecule has 33 heavy (non-hydrogen) atoms. The number of aryl methyl sites for hydroxylation is 1. The molecule has 0 radical (unpaired) electrons. The van der Waals surface area contributed by atoms with Gasteiger partial charge < -0.3 is 14.6 Å². The first kappa shape index (κ1) is 22.1.